The Labute approximate surface area is 89.4 Å². The summed E-state index contributed by atoms with van der Waals surface area (Å²) in [5.74, 6) is 0. The molecule has 1 fully saturated rings. The molecule has 1 aliphatic rings. The number of ether oxygens (including phenoxy) is 1. The van der Waals surface area contributed by atoms with Crippen LogP contribution in [0.4, 0.5) is 0 Å². The van der Waals surface area contributed by atoms with Gasteiger partial charge in [-0.2, -0.15) is 0 Å². The smallest absolute Gasteiger partial charge is 0.0590 e. The molecule has 1 saturated heterocycles. The maximum absolute atomic E-state index is 5.44. The zero-order valence-corrected chi connectivity index (χ0v) is 9.98. The molecule has 0 atom stereocenters. The summed E-state index contributed by atoms with van der Waals surface area (Å²) in [5.41, 5.74) is 0. The standard InChI is InChI=1S/C10H21NO.C2H6/c1-2-4-6-9-12-10-8-11-7-5-3-1;1-2/h11H,1-10H2;1-2H3. The van der Waals surface area contributed by atoms with Crippen LogP contribution < -0.4 is 5.32 Å². The zero-order valence-electron chi connectivity index (χ0n) is 9.98. The van der Waals surface area contributed by atoms with Crippen molar-refractivity contribution >= 4 is 0 Å². The van der Waals surface area contributed by atoms with Crippen molar-refractivity contribution in [1.82, 2.24) is 5.32 Å². The molecule has 1 heterocycles. The third-order valence-corrected chi connectivity index (χ3v) is 2.32. The lowest BCUT2D eigenvalue weighted by atomic mass is 10.1. The van der Waals surface area contributed by atoms with E-state index in [-0.39, 0.29) is 0 Å². The van der Waals surface area contributed by atoms with Crippen LogP contribution in [0.5, 0.6) is 0 Å². The highest BCUT2D eigenvalue weighted by Crippen LogP contribution is 2.05. The quantitative estimate of drug-likeness (QED) is 0.650. The molecule has 1 rings (SSSR count). The van der Waals surface area contributed by atoms with E-state index in [0.717, 1.165) is 19.8 Å². The van der Waals surface area contributed by atoms with Crippen LogP contribution in [-0.2, 0) is 4.74 Å². The largest absolute Gasteiger partial charge is 0.380 e. The first-order valence-corrected chi connectivity index (χ1v) is 6.28. The number of hydrogen-bond donors (Lipinski definition) is 1. The van der Waals surface area contributed by atoms with Crippen molar-refractivity contribution in [3.8, 4) is 0 Å². The average Bonchev–Trinajstić information content (AvgIpc) is 2.22. The molecule has 0 spiro atoms. The molecule has 14 heavy (non-hydrogen) atoms. The lowest BCUT2D eigenvalue weighted by Gasteiger charge is -2.08. The van der Waals surface area contributed by atoms with Crippen molar-refractivity contribution in [2.24, 2.45) is 0 Å². The van der Waals surface area contributed by atoms with E-state index >= 15 is 0 Å². The Morgan fingerprint density at radius 3 is 2.14 bits per heavy atom. The molecule has 0 bridgehead atoms. The number of rotatable bonds is 0. The molecule has 0 saturated carbocycles. The van der Waals surface area contributed by atoms with E-state index < -0.39 is 0 Å². The van der Waals surface area contributed by atoms with Gasteiger partial charge in [-0.25, -0.2) is 0 Å². The van der Waals surface area contributed by atoms with E-state index in [2.05, 4.69) is 5.32 Å². The summed E-state index contributed by atoms with van der Waals surface area (Å²) in [4.78, 5) is 0. The fraction of sp³-hybridized carbons (Fsp3) is 1.00. The van der Waals surface area contributed by atoms with Gasteiger partial charge in [0.15, 0.2) is 0 Å². The molecule has 0 aromatic rings. The first-order valence-electron chi connectivity index (χ1n) is 6.28. The van der Waals surface area contributed by atoms with Crippen molar-refractivity contribution in [2.75, 3.05) is 26.3 Å². The van der Waals surface area contributed by atoms with Gasteiger partial charge in [0.1, 0.15) is 0 Å². The molecule has 0 aromatic carbocycles. The van der Waals surface area contributed by atoms with Gasteiger partial charge in [0, 0.05) is 13.2 Å². The summed E-state index contributed by atoms with van der Waals surface area (Å²) >= 11 is 0. The van der Waals surface area contributed by atoms with Crippen LogP contribution in [0.1, 0.15) is 52.4 Å². The molecule has 86 valence electrons. The summed E-state index contributed by atoms with van der Waals surface area (Å²) in [6, 6.07) is 0. The van der Waals surface area contributed by atoms with E-state index in [4.69, 9.17) is 4.74 Å². The van der Waals surface area contributed by atoms with Gasteiger partial charge >= 0.3 is 0 Å². The molecule has 2 nitrogen and oxygen atoms in total. The predicted octanol–water partition coefficient (Wildman–Crippen LogP) is 2.97. The molecule has 1 N–H and O–H groups in total. The van der Waals surface area contributed by atoms with Crippen LogP contribution in [0.2, 0.25) is 0 Å². The SMILES string of the molecule is C1CCCCOCCNCCC1.CC. The minimum absolute atomic E-state index is 0.889. The zero-order chi connectivity index (χ0) is 10.5. The second kappa shape index (κ2) is 12.9. The monoisotopic (exact) mass is 201 g/mol. The van der Waals surface area contributed by atoms with Crippen molar-refractivity contribution in [3.05, 3.63) is 0 Å². The van der Waals surface area contributed by atoms with Crippen molar-refractivity contribution in [1.29, 1.82) is 0 Å². The average molecular weight is 201 g/mol. The summed E-state index contributed by atoms with van der Waals surface area (Å²) in [6.45, 7) is 8.05. The van der Waals surface area contributed by atoms with Crippen LogP contribution in [0, 0.1) is 0 Å². The highest BCUT2D eigenvalue weighted by Gasteiger charge is 1.94. The molecule has 0 aromatic heterocycles. The second-order valence-electron chi connectivity index (χ2n) is 3.48. The summed E-state index contributed by atoms with van der Waals surface area (Å²) in [5, 5.41) is 3.38. The maximum atomic E-state index is 5.44. The summed E-state index contributed by atoms with van der Waals surface area (Å²) in [7, 11) is 0. The van der Waals surface area contributed by atoms with Crippen LogP contribution >= 0.6 is 0 Å². The Morgan fingerprint density at radius 2 is 1.36 bits per heavy atom. The Bertz CT molecular complexity index is 53.3. The Kier molecular flexibility index (Phi) is 12.8. The molecule has 1 aliphatic heterocycles. The van der Waals surface area contributed by atoms with E-state index in [0.29, 0.717) is 0 Å². The number of hydrogen-bond acceptors (Lipinski definition) is 2. The van der Waals surface area contributed by atoms with E-state index in [9.17, 15) is 0 Å². The van der Waals surface area contributed by atoms with Crippen molar-refractivity contribution in [3.63, 3.8) is 0 Å². The highest BCUT2D eigenvalue weighted by molar-refractivity contribution is 4.51. The molecule has 0 amide bonds. The molecular weight excluding hydrogens is 174 g/mol. The van der Waals surface area contributed by atoms with Crippen molar-refractivity contribution < 1.29 is 4.74 Å². The maximum Gasteiger partial charge on any atom is 0.0590 e. The minimum atomic E-state index is 0.889. The lowest BCUT2D eigenvalue weighted by molar-refractivity contribution is 0.131. The summed E-state index contributed by atoms with van der Waals surface area (Å²) < 4.78 is 5.44. The van der Waals surface area contributed by atoms with Crippen LogP contribution in [0.25, 0.3) is 0 Å². The normalized spacial score (nSPS) is 21.0. The van der Waals surface area contributed by atoms with Crippen molar-refractivity contribution in [2.45, 2.75) is 52.4 Å². The molecule has 0 aliphatic carbocycles. The third kappa shape index (κ3) is 10.0. The van der Waals surface area contributed by atoms with Gasteiger partial charge in [-0.1, -0.05) is 39.5 Å². The second-order valence-corrected chi connectivity index (χ2v) is 3.48. The highest BCUT2D eigenvalue weighted by atomic mass is 16.5. The third-order valence-electron chi connectivity index (χ3n) is 2.32. The Hall–Kier alpha value is -0.0800. The Balaban J connectivity index is 0.000000791. The van der Waals surface area contributed by atoms with E-state index in [1.54, 1.807) is 0 Å². The van der Waals surface area contributed by atoms with Crippen LogP contribution in [0.15, 0.2) is 0 Å². The van der Waals surface area contributed by atoms with Gasteiger partial charge in [0.25, 0.3) is 0 Å². The van der Waals surface area contributed by atoms with Gasteiger partial charge in [-0.3, -0.25) is 0 Å². The molecule has 2 heteroatoms. The molecule has 0 radical (unpaired) electrons. The van der Waals surface area contributed by atoms with Gasteiger partial charge in [-0.15, -0.1) is 0 Å². The first kappa shape index (κ1) is 13.9. The van der Waals surface area contributed by atoms with Gasteiger partial charge in [0.2, 0.25) is 0 Å². The van der Waals surface area contributed by atoms with Gasteiger partial charge in [-0.05, 0) is 19.4 Å². The number of nitrogens with one attached hydrogen (secondary N) is 1. The summed E-state index contributed by atoms with van der Waals surface area (Å²) in [6.07, 6.45) is 8.13. The first-order chi connectivity index (χ1) is 7.00. The van der Waals surface area contributed by atoms with Crippen LogP contribution in [0.3, 0.4) is 0 Å². The topological polar surface area (TPSA) is 21.3 Å². The lowest BCUT2D eigenvalue weighted by Crippen LogP contribution is -2.21. The molecular formula is C12H27NO. The fourth-order valence-electron chi connectivity index (χ4n) is 1.53. The fourth-order valence-corrected chi connectivity index (χ4v) is 1.53. The Morgan fingerprint density at radius 1 is 0.714 bits per heavy atom. The van der Waals surface area contributed by atoms with Crippen LogP contribution in [-0.4, -0.2) is 26.3 Å². The predicted molar refractivity (Wildman–Crippen MR) is 62.7 cm³/mol. The minimum Gasteiger partial charge on any atom is -0.380 e. The van der Waals surface area contributed by atoms with Gasteiger partial charge < -0.3 is 10.1 Å². The van der Waals surface area contributed by atoms with Gasteiger partial charge in [0.05, 0.1) is 6.61 Å². The van der Waals surface area contributed by atoms with E-state index in [1.165, 1.54) is 45.1 Å². The van der Waals surface area contributed by atoms with E-state index in [1.807, 2.05) is 13.8 Å². The molecule has 0 unspecified atom stereocenters.